The Labute approximate surface area is 163 Å². The van der Waals surface area contributed by atoms with Crippen molar-refractivity contribution < 1.29 is 10.2 Å². The molecule has 6 nitrogen and oxygen atoms in total. The van der Waals surface area contributed by atoms with Crippen LogP contribution in [0.1, 0.15) is 65.0 Å². The molecule has 0 radical (unpaired) electrons. The lowest BCUT2D eigenvalue weighted by Crippen LogP contribution is -2.39. The molecule has 3 heterocycles. The van der Waals surface area contributed by atoms with Crippen LogP contribution in [0.5, 0.6) is 0 Å². The maximum Gasteiger partial charge on any atom is 0.227 e. The average Bonchev–Trinajstić information content (AvgIpc) is 2.67. The van der Waals surface area contributed by atoms with Crippen LogP contribution in [0.2, 0.25) is 0 Å². The van der Waals surface area contributed by atoms with E-state index in [1.807, 2.05) is 13.8 Å². The van der Waals surface area contributed by atoms with Gasteiger partial charge in [-0.05, 0) is 57.3 Å². The second-order valence-corrected chi connectivity index (χ2v) is 8.74. The molecular weight excluding hydrogens is 340 g/mol. The van der Waals surface area contributed by atoms with E-state index < -0.39 is 0 Å². The summed E-state index contributed by atoms with van der Waals surface area (Å²) in [5.74, 6) is 2.99. The molecule has 0 spiro atoms. The van der Waals surface area contributed by atoms with Crippen molar-refractivity contribution in [1.29, 1.82) is 0 Å². The van der Waals surface area contributed by atoms with E-state index in [1.165, 1.54) is 0 Å². The molecule has 2 aliphatic heterocycles. The zero-order valence-electron chi connectivity index (χ0n) is 17.3. The van der Waals surface area contributed by atoms with Gasteiger partial charge in [-0.15, -0.1) is 0 Å². The number of aliphatic hydroxyl groups excluding tert-OH is 2. The highest BCUT2D eigenvalue weighted by Crippen LogP contribution is 2.29. The molecule has 0 amide bonds. The van der Waals surface area contributed by atoms with Gasteiger partial charge >= 0.3 is 0 Å². The van der Waals surface area contributed by atoms with E-state index in [1.54, 1.807) is 0 Å². The Balaban J connectivity index is 1.76. The predicted molar refractivity (Wildman–Crippen MR) is 109 cm³/mol. The summed E-state index contributed by atoms with van der Waals surface area (Å²) in [6.45, 7) is 11.8. The Morgan fingerprint density at radius 3 is 1.74 bits per heavy atom. The summed E-state index contributed by atoms with van der Waals surface area (Å²) < 4.78 is 0. The third kappa shape index (κ3) is 4.91. The van der Waals surface area contributed by atoms with E-state index in [0.717, 1.165) is 69.3 Å². The summed E-state index contributed by atoms with van der Waals surface area (Å²) >= 11 is 0. The van der Waals surface area contributed by atoms with Gasteiger partial charge in [0.2, 0.25) is 5.95 Å². The second kappa shape index (κ2) is 8.74. The highest BCUT2D eigenvalue weighted by Gasteiger charge is 2.27. The molecule has 1 aromatic rings. The van der Waals surface area contributed by atoms with Crippen molar-refractivity contribution in [2.75, 3.05) is 36.0 Å². The molecule has 27 heavy (non-hydrogen) atoms. The van der Waals surface area contributed by atoms with Crippen molar-refractivity contribution in [3.8, 4) is 0 Å². The predicted octanol–water partition coefficient (Wildman–Crippen LogP) is 2.79. The van der Waals surface area contributed by atoms with E-state index in [4.69, 9.17) is 9.97 Å². The van der Waals surface area contributed by atoms with Gasteiger partial charge in [0.25, 0.3) is 0 Å². The minimum absolute atomic E-state index is 0.227. The van der Waals surface area contributed by atoms with E-state index in [-0.39, 0.29) is 12.2 Å². The molecule has 0 bridgehead atoms. The topological polar surface area (TPSA) is 72.7 Å². The van der Waals surface area contributed by atoms with Crippen molar-refractivity contribution in [2.24, 2.45) is 11.8 Å². The molecule has 0 aromatic carbocycles. The van der Waals surface area contributed by atoms with Crippen molar-refractivity contribution >= 4 is 11.8 Å². The summed E-state index contributed by atoms with van der Waals surface area (Å²) in [7, 11) is 0. The second-order valence-electron chi connectivity index (χ2n) is 8.74. The van der Waals surface area contributed by atoms with Crippen molar-refractivity contribution in [3.05, 3.63) is 11.8 Å². The van der Waals surface area contributed by atoms with Crippen LogP contribution in [-0.4, -0.2) is 58.6 Å². The zero-order chi connectivity index (χ0) is 19.6. The summed E-state index contributed by atoms with van der Waals surface area (Å²) in [4.78, 5) is 14.4. The van der Waals surface area contributed by atoms with Gasteiger partial charge in [0.1, 0.15) is 5.82 Å². The third-order valence-electron chi connectivity index (χ3n) is 6.36. The number of rotatable bonds is 5. The van der Waals surface area contributed by atoms with E-state index in [2.05, 4.69) is 29.7 Å². The van der Waals surface area contributed by atoms with Gasteiger partial charge in [0, 0.05) is 32.2 Å². The molecule has 2 atom stereocenters. The molecule has 6 heteroatoms. The first-order chi connectivity index (χ1) is 12.8. The smallest absolute Gasteiger partial charge is 0.227 e. The van der Waals surface area contributed by atoms with Crippen molar-refractivity contribution in [1.82, 2.24) is 9.97 Å². The Kier molecular flexibility index (Phi) is 6.58. The van der Waals surface area contributed by atoms with Crippen molar-refractivity contribution in [2.45, 2.75) is 71.5 Å². The van der Waals surface area contributed by atoms with Crippen LogP contribution in [0.3, 0.4) is 0 Å². The molecule has 2 fully saturated rings. The van der Waals surface area contributed by atoms with Gasteiger partial charge in [0.15, 0.2) is 0 Å². The summed E-state index contributed by atoms with van der Waals surface area (Å²) in [5.41, 5.74) is 1.09. The van der Waals surface area contributed by atoms with Gasteiger partial charge in [-0.1, -0.05) is 13.8 Å². The number of hydrogen-bond donors (Lipinski definition) is 2. The van der Waals surface area contributed by atoms with E-state index >= 15 is 0 Å². The Bertz CT molecular complexity index is 558. The van der Waals surface area contributed by atoms with Crippen LogP contribution in [0.25, 0.3) is 0 Å². The number of hydrogen-bond acceptors (Lipinski definition) is 6. The molecular formula is C21H36N4O2. The van der Waals surface area contributed by atoms with Gasteiger partial charge in [-0.3, -0.25) is 0 Å². The first-order valence-corrected chi connectivity index (χ1v) is 10.6. The molecule has 2 N–H and O–H groups in total. The summed E-state index contributed by atoms with van der Waals surface area (Å²) in [6.07, 6.45) is 3.53. The van der Waals surface area contributed by atoms with E-state index in [0.29, 0.717) is 17.8 Å². The molecule has 0 aliphatic carbocycles. The number of piperidine rings is 2. The Morgan fingerprint density at radius 2 is 1.30 bits per heavy atom. The molecule has 2 unspecified atom stereocenters. The lowest BCUT2D eigenvalue weighted by Gasteiger charge is -2.36. The SMILES string of the molecule is CC(C)c1cc(N2CCC(C(C)O)CC2)nc(N2CCC(C(C)O)CC2)n1. The van der Waals surface area contributed by atoms with Crippen LogP contribution in [0.4, 0.5) is 11.8 Å². The Morgan fingerprint density at radius 1 is 0.815 bits per heavy atom. The highest BCUT2D eigenvalue weighted by atomic mass is 16.3. The normalized spacial score (nSPS) is 22.3. The molecule has 2 saturated heterocycles. The van der Waals surface area contributed by atoms with Gasteiger partial charge in [-0.2, -0.15) is 4.98 Å². The number of aliphatic hydroxyl groups is 2. The minimum Gasteiger partial charge on any atom is -0.393 e. The fourth-order valence-corrected chi connectivity index (χ4v) is 4.23. The minimum atomic E-state index is -0.235. The third-order valence-corrected chi connectivity index (χ3v) is 6.36. The molecule has 3 rings (SSSR count). The quantitative estimate of drug-likeness (QED) is 0.823. The van der Waals surface area contributed by atoms with E-state index in [9.17, 15) is 10.2 Å². The first kappa shape index (κ1) is 20.3. The summed E-state index contributed by atoms with van der Waals surface area (Å²) in [6, 6.07) is 2.14. The van der Waals surface area contributed by atoms with Crippen molar-refractivity contribution in [3.63, 3.8) is 0 Å². The number of anilines is 2. The fraction of sp³-hybridized carbons (Fsp3) is 0.810. The van der Waals surface area contributed by atoms with Gasteiger partial charge < -0.3 is 20.0 Å². The lowest BCUT2D eigenvalue weighted by atomic mass is 9.92. The number of nitrogens with zero attached hydrogens (tertiary/aromatic N) is 4. The van der Waals surface area contributed by atoms with Crippen LogP contribution >= 0.6 is 0 Å². The molecule has 2 aliphatic rings. The first-order valence-electron chi connectivity index (χ1n) is 10.6. The molecule has 0 saturated carbocycles. The Hall–Kier alpha value is -1.40. The van der Waals surface area contributed by atoms with Crippen LogP contribution in [-0.2, 0) is 0 Å². The monoisotopic (exact) mass is 376 g/mol. The average molecular weight is 377 g/mol. The van der Waals surface area contributed by atoms with Gasteiger partial charge in [-0.25, -0.2) is 4.98 Å². The maximum absolute atomic E-state index is 9.86. The zero-order valence-corrected chi connectivity index (χ0v) is 17.3. The van der Waals surface area contributed by atoms with Gasteiger partial charge in [0.05, 0.1) is 17.9 Å². The van der Waals surface area contributed by atoms with Crippen LogP contribution in [0.15, 0.2) is 6.07 Å². The summed E-state index contributed by atoms with van der Waals surface area (Å²) in [5, 5.41) is 19.7. The van der Waals surface area contributed by atoms with Crippen LogP contribution in [0, 0.1) is 11.8 Å². The molecule has 152 valence electrons. The van der Waals surface area contributed by atoms with Crippen LogP contribution < -0.4 is 9.80 Å². The lowest BCUT2D eigenvalue weighted by molar-refractivity contribution is 0.109. The standard InChI is InChI=1S/C21H36N4O2/c1-14(2)19-13-20(24-9-5-17(6-10-24)15(3)26)23-21(22-19)25-11-7-18(8-12-25)16(4)27/h13-18,26-27H,5-12H2,1-4H3. The highest BCUT2D eigenvalue weighted by molar-refractivity contribution is 5.47. The maximum atomic E-state index is 9.86. The molecule has 1 aromatic heterocycles. The largest absolute Gasteiger partial charge is 0.393 e. The fourth-order valence-electron chi connectivity index (χ4n) is 4.23. The number of aromatic nitrogens is 2.